The minimum Gasteiger partial charge on any atom is -0.378 e. The van der Waals surface area contributed by atoms with Crippen molar-refractivity contribution in [3.63, 3.8) is 0 Å². The Morgan fingerprint density at radius 3 is 2.52 bits per heavy atom. The molecule has 0 aliphatic rings. The number of fused-ring (bicyclic) bond motifs is 1. The smallest absolute Gasteiger partial charge is 0.282 e. The number of aromatic nitrogens is 1. The van der Waals surface area contributed by atoms with Crippen molar-refractivity contribution in [3.8, 4) is 0 Å². The predicted octanol–water partition coefficient (Wildman–Crippen LogP) is 2.49. The second kappa shape index (κ2) is 6.18. The lowest BCUT2D eigenvalue weighted by Crippen LogP contribution is -2.27. The third-order valence-electron chi connectivity index (χ3n) is 3.44. The van der Waals surface area contributed by atoms with Gasteiger partial charge in [0.15, 0.2) is 0 Å². The molecule has 3 aromatic rings. The predicted molar refractivity (Wildman–Crippen MR) is 95.7 cm³/mol. The maximum absolute atomic E-state index is 12.4. The van der Waals surface area contributed by atoms with Crippen LogP contribution in [-0.4, -0.2) is 25.0 Å². The fourth-order valence-corrected chi connectivity index (χ4v) is 3.01. The SMILES string of the molecule is CN(C)c1ccc(/C=N/n2c(=N)sc3ccccc3c2=O)cc1. The Labute approximate surface area is 137 Å². The molecule has 0 radical (unpaired) electrons. The monoisotopic (exact) mass is 324 g/mol. The summed E-state index contributed by atoms with van der Waals surface area (Å²) >= 11 is 1.23. The van der Waals surface area contributed by atoms with Crippen LogP contribution in [0.4, 0.5) is 5.69 Å². The largest absolute Gasteiger partial charge is 0.378 e. The van der Waals surface area contributed by atoms with Crippen LogP contribution in [0.2, 0.25) is 0 Å². The molecular weight excluding hydrogens is 308 g/mol. The van der Waals surface area contributed by atoms with Crippen LogP contribution in [0.3, 0.4) is 0 Å². The van der Waals surface area contributed by atoms with Gasteiger partial charge in [-0.1, -0.05) is 35.6 Å². The number of hydrogen-bond donors (Lipinski definition) is 1. The van der Waals surface area contributed by atoms with Crippen molar-refractivity contribution in [1.82, 2.24) is 4.68 Å². The van der Waals surface area contributed by atoms with E-state index >= 15 is 0 Å². The van der Waals surface area contributed by atoms with Gasteiger partial charge in [-0.25, -0.2) is 0 Å². The maximum Gasteiger partial charge on any atom is 0.282 e. The number of rotatable bonds is 3. The number of hydrogen-bond acceptors (Lipinski definition) is 5. The summed E-state index contributed by atoms with van der Waals surface area (Å²) in [5.74, 6) is 0. The standard InChI is InChI=1S/C17H16N4OS/c1-20(2)13-9-7-12(8-10-13)11-19-21-16(22)14-5-3-4-6-15(14)23-17(21)18/h3-11,18H,1-2H3/b18-17?,19-11+. The van der Waals surface area contributed by atoms with Crippen LogP contribution in [0.25, 0.3) is 10.1 Å². The third-order valence-corrected chi connectivity index (χ3v) is 4.38. The Kier molecular flexibility index (Phi) is 4.08. The minimum atomic E-state index is -0.273. The molecule has 0 unspecified atom stereocenters. The van der Waals surface area contributed by atoms with E-state index in [9.17, 15) is 4.79 Å². The van der Waals surface area contributed by atoms with Gasteiger partial charge in [0.05, 0.1) is 11.6 Å². The quantitative estimate of drug-likeness (QED) is 0.753. The zero-order valence-corrected chi connectivity index (χ0v) is 13.7. The van der Waals surface area contributed by atoms with Crippen LogP contribution < -0.4 is 15.3 Å². The first kappa shape index (κ1) is 15.2. The number of anilines is 1. The highest BCUT2D eigenvalue weighted by atomic mass is 32.1. The Morgan fingerprint density at radius 2 is 1.83 bits per heavy atom. The van der Waals surface area contributed by atoms with Crippen LogP contribution in [0.1, 0.15) is 5.56 Å². The van der Waals surface area contributed by atoms with Crippen molar-refractivity contribution in [3.05, 3.63) is 69.2 Å². The second-order valence-electron chi connectivity index (χ2n) is 5.25. The molecule has 23 heavy (non-hydrogen) atoms. The zero-order chi connectivity index (χ0) is 16.4. The molecule has 2 aromatic carbocycles. The summed E-state index contributed by atoms with van der Waals surface area (Å²) in [5, 5.41) is 12.8. The maximum atomic E-state index is 12.4. The summed E-state index contributed by atoms with van der Waals surface area (Å²) < 4.78 is 1.93. The zero-order valence-electron chi connectivity index (χ0n) is 12.9. The molecule has 1 heterocycles. The summed E-state index contributed by atoms with van der Waals surface area (Å²) in [5.41, 5.74) is 1.69. The normalized spacial score (nSPS) is 11.2. The van der Waals surface area contributed by atoms with E-state index in [-0.39, 0.29) is 10.4 Å². The topological polar surface area (TPSA) is 61.5 Å². The van der Waals surface area contributed by atoms with Gasteiger partial charge in [-0.15, -0.1) is 0 Å². The van der Waals surface area contributed by atoms with Crippen molar-refractivity contribution in [1.29, 1.82) is 5.41 Å². The summed E-state index contributed by atoms with van der Waals surface area (Å²) in [6, 6.07) is 15.1. The molecule has 0 spiro atoms. The van der Waals surface area contributed by atoms with Crippen LogP contribution in [-0.2, 0) is 0 Å². The summed E-state index contributed by atoms with van der Waals surface area (Å²) in [7, 11) is 3.96. The number of nitrogens with zero attached hydrogens (tertiary/aromatic N) is 3. The van der Waals surface area contributed by atoms with E-state index in [1.54, 1.807) is 12.3 Å². The molecule has 6 heteroatoms. The highest BCUT2D eigenvalue weighted by molar-refractivity contribution is 7.15. The minimum absolute atomic E-state index is 0.106. The molecule has 5 nitrogen and oxygen atoms in total. The Hall–Kier alpha value is -2.73. The molecule has 0 fully saturated rings. The molecule has 0 aliphatic heterocycles. The molecule has 1 aromatic heterocycles. The summed E-state index contributed by atoms with van der Waals surface area (Å²) in [4.78, 5) is 14.6. The van der Waals surface area contributed by atoms with Crippen molar-refractivity contribution in [2.45, 2.75) is 0 Å². The molecule has 1 N–H and O–H groups in total. The number of benzene rings is 2. The van der Waals surface area contributed by atoms with Crippen molar-refractivity contribution >= 4 is 33.3 Å². The van der Waals surface area contributed by atoms with E-state index in [1.165, 1.54) is 11.3 Å². The van der Waals surface area contributed by atoms with Gasteiger partial charge >= 0.3 is 0 Å². The van der Waals surface area contributed by atoms with Gasteiger partial charge in [0.1, 0.15) is 0 Å². The Balaban J connectivity index is 2.01. The highest BCUT2D eigenvalue weighted by Crippen LogP contribution is 2.12. The van der Waals surface area contributed by atoms with Gasteiger partial charge in [0.2, 0.25) is 4.80 Å². The van der Waals surface area contributed by atoms with Crippen molar-refractivity contribution in [2.24, 2.45) is 5.10 Å². The van der Waals surface area contributed by atoms with E-state index in [2.05, 4.69) is 5.10 Å². The van der Waals surface area contributed by atoms with Gasteiger partial charge in [-0.05, 0) is 29.8 Å². The van der Waals surface area contributed by atoms with Crippen molar-refractivity contribution < 1.29 is 0 Å². The van der Waals surface area contributed by atoms with Gasteiger partial charge in [-0.2, -0.15) is 9.78 Å². The summed E-state index contributed by atoms with van der Waals surface area (Å²) in [6.45, 7) is 0. The fourth-order valence-electron chi connectivity index (χ4n) is 2.17. The average Bonchev–Trinajstić information content (AvgIpc) is 2.55. The first-order chi connectivity index (χ1) is 11.1. The lowest BCUT2D eigenvalue weighted by Gasteiger charge is -2.11. The van der Waals surface area contributed by atoms with Gasteiger partial charge < -0.3 is 4.90 Å². The Morgan fingerprint density at radius 1 is 1.13 bits per heavy atom. The van der Waals surface area contributed by atoms with Crippen LogP contribution in [0.15, 0.2) is 58.4 Å². The molecule has 0 bridgehead atoms. The Bertz CT molecular complexity index is 984. The van der Waals surface area contributed by atoms with Crippen molar-refractivity contribution in [2.75, 3.05) is 19.0 Å². The highest BCUT2D eigenvalue weighted by Gasteiger charge is 2.04. The lowest BCUT2D eigenvalue weighted by molar-refractivity contribution is 0.794. The molecule has 0 saturated carbocycles. The van der Waals surface area contributed by atoms with Crippen LogP contribution >= 0.6 is 11.3 Å². The summed E-state index contributed by atoms with van der Waals surface area (Å²) in [6.07, 6.45) is 1.60. The second-order valence-corrected chi connectivity index (χ2v) is 6.28. The number of nitrogens with one attached hydrogen (secondary N) is 1. The van der Waals surface area contributed by atoms with Crippen LogP contribution in [0, 0.1) is 5.41 Å². The molecule has 0 atom stereocenters. The lowest BCUT2D eigenvalue weighted by atomic mass is 10.2. The van der Waals surface area contributed by atoms with E-state index < -0.39 is 0 Å². The molecule has 3 rings (SSSR count). The molecule has 0 saturated heterocycles. The molecular formula is C17H16N4OS. The van der Waals surface area contributed by atoms with E-state index in [0.717, 1.165) is 20.6 Å². The van der Waals surface area contributed by atoms with E-state index in [4.69, 9.17) is 5.41 Å². The van der Waals surface area contributed by atoms with E-state index in [1.807, 2.05) is 61.5 Å². The average molecular weight is 324 g/mol. The molecule has 116 valence electrons. The fraction of sp³-hybridized carbons (Fsp3) is 0.118. The first-order valence-corrected chi connectivity index (χ1v) is 7.89. The third kappa shape index (κ3) is 3.07. The van der Waals surface area contributed by atoms with Gasteiger partial charge in [0.25, 0.3) is 5.56 Å². The van der Waals surface area contributed by atoms with E-state index in [0.29, 0.717) is 5.39 Å². The molecule has 0 aliphatic carbocycles. The first-order valence-electron chi connectivity index (χ1n) is 7.07. The molecule has 0 amide bonds. The van der Waals surface area contributed by atoms with Gasteiger partial charge in [0, 0.05) is 24.5 Å². The van der Waals surface area contributed by atoms with Crippen LogP contribution in [0.5, 0.6) is 0 Å². The van der Waals surface area contributed by atoms with Gasteiger partial charge in [-0.3, -0.25) is 10.2 Å².